The molecule has 2 heterocycles. The van der Waals surface area contributed by atoms with Crippen molar-refractivity contribution in [3.63, 3.8) is 0 Å². The summed E-state index contributed by atoms with van der Waals surface area (Å²) < 4.78 is 5.76. The molecule has 2 rings (SSSR count). The lowest BCUT2D eigenvalue weighted by molar-refractivity contribution is -0.145. The van der Waals surface area contributed by atoms with Gasteiger partial charge in [0.05, 0.1) is 13.0 Å². The van der Waals surface area contributed by atoms with Crippen molar-refractivity contribution >= 4 is 27.7 Å². The van der Waals surface area contributed by atoms with Gasteiger partial charge in [-0.3, -0.25) is 4.79 Å². The molecule has 4 nitrogen and oxygen atoms in total. The van der Waals surface area contributed by atoms with Gasteiger partial charge in [0.1, 0.15) is 5.82 Å². The van der Waals surface area contributed by atoms with E-state index in [9.17, 15) is 4.79 Å². The highest BCUT2D eigenvalue weighted by atomic mass is 79.9. The van der Waals surface area contributed by atoms with Gasteiger partial charge < -0.3 is 9.64 Å². The predicted molar refractivity (Wildman–Crippen MR) is 68.9 cm³/mol. The SMILES string of the molecule is COC(=O)[C@H]1CCCN(c2ccc(Br)cn2)C1. The molecule has 1 aromatic rings. The van der Waals surface area contributed by atoms with E-state index in [-0.39, 0.29) is 11.9 Å². The van der Waals surface area contributed by atoms with Crippen molar-refractivity contribution in [3.05, 3.63) is 22.8 Å². The van der Waals surface area contributed by atoms with Gasteiger partial charge in [-0.2, -0.15) is 0 Å². The summed E-state index contributed by atoms with van der Waals surface area (Å²) in [6.45, 7) is 1.64. The second-order valence-electron chi connectivity index (χ2n) is 4.14. The molecule has 0 spiro atoms. The molecule has 1 fully saturated rings. The summed E-state index contributed by atoms with van der Waals surface area (Å²) in [4.78, 5) is 18.0. The number of nitrogens with zero attached hydrogens (tertiary/aromatic N) is 2. The minimum Gasteiger partial charge on any atom is -0.469 e. The average Bonchev–Trinajstić information content (AvgIpc) is 2.39. The Hall–Kier alpha value is -1.10. The Kier molecular flexibility index (Phi) is 3.99. The van der Waals surface area contributed by atoms with Gasteiger partial charge in [-0.05, 0) is 40.9 Å². The number of pyridine rings is 1. The fraction of sp³-hybridized carbons (Fsp3) is 0.500. The topological polar surface area (TPSA) is 42.4 Å². The van der Waals surface area contributed by atoms with Gasteiger partial charge in [-0.15, -0.1) is 0 Å². The minimum atomic E-state index is -0.119. The average molecular weight is 299 g/mol. The molecule has 0 aliphatic carbocycles. The van der Waals surface area contributed by atoms with Crippen LogP contribution >= 0.6 is 15.9 Å². The first-order valence-corrected chi connectivity index (χ1v) is 6.44. The molecule has 1 aromatic heterocycles. The lowest BCUT2D eigenvalue weighted by Gasteiger charge is -2.32. The van der Waals surface area contributed by atoms with E-state index >= 15 is 0 Å². The highest BCUT2D eigenvalue weighted by Gasteiger charge is 2.26. The van der Waals surface area contributed by atoms with Crippen LogP contribution in [0.5, 0.6) is 0 Å². The third kappa shape index (κ3) is 2.97. The van der Waals surface area contributed by atoms with E-state index in [1.807, 2.05) is 12.1 Å². The van der Waals surface area contributed by atoms with Gasteiger partial charge in [0.15, 0.2) is 0 Å². The van der Waals surface area contributed by atoms with Crippen LogP contribution in [0.25, 0.3) is 0 Å². The molecule has 0 amide bonds. The maximum Gasteiger partial charge on any atom is 0.310 e. The molecule has 0 bridgehead atoms. The Morgan fingerprint density at radius 2 is 2.41 bits per heavy atom. The quantitative estimate of drug-likeness (QED) is 0.785. The van der Waals surface area contributed by atoms with Crippen molar-refractivity contribution in [1.82, 2.24) is 4.98 Å². The zero-order chi connectivity index (χ0) is 12.3. The maximum absolute atomic E-state index is 11.5. The summed E-state index contributed by atoms with van der Waals surface area (Å²) in [5.41, 5.74) is 0. The van der Waals surface area contributed by atoms with E-state index < -0.39 is 0 Å². The second kappa shape index (κ2) is 5.49. The fourth-order valence-corrected chi connectivity index (χ4v) is 2.33. The number of ether oxygens (including phenoxy) is 1. The number of aromatic nitrogens is 1. The van der Waals surface area contributed by atoms with Gasteiger partial charge >= 0.3 is 5.97 Å². The van der Waals surface area contributed by atoms with Gasteiger partial charge in [0, 0.05) is 23.8 Å². The lowest BCUT2D eigenvalue weighted by atomic mass is 9.98. The minimum absolute atomic E-state index is 0.0285. The van der Waals surface area contributed by atoms with Crippen LogP contribution < -0.4 is 4.90 Å². The van der Waals surface area contributed by atoms with Crippen molar-refractivity contribution in [3.8, 4) is 0 Å². The first-order valence-electron chi connectivity index (χ1n) is 5.65. The van der Waals surface area contributed by atoms with Crippen LogP contribution in [-0.2, 0) is 9.53 Å². The van der Waals surface area contributed by atoms with Crippen molar-refractivity contribution in [1.29, 1.82) is 0 Å². The van der Waals surface area contributed by atoms with Crippen LogP contribution in [0.3, 0.4) is 0 Å². The molecule has 5 heteroatoms. The van der Waals surface area contributed by atoms with Crippen LogP contribution in [0, 0.1) is 5.92 Å². The van der Waals surface area contributed by atoms with Crippen LogP contribution in [0.4, 0.5) is 5.82 Å². The number of anilines is 1. The first-order chi connectivity index (χ1) is 8.20. The highest BCUT2D eigenvalue weighted by molar-refractivity contribution is 9.10. The molecule has 17 heavy (non-hydrogen) atoms. The molecular weight excluding hydrogens is 284 g/mol. The molecule has 92 valence electrons. The number of hydrogen-bond donors (Lipinski definition) is 0. The fourth-order valence-electron chi connectivity index (χ4n) is 2.10. The van der Waals surface area contributed by atoms with E-state index in [2.05, 4.69) is 25.8 Å². The predicted octanol–water partition coefficient (Wildman–Crippen LogP) is 2.23. The summed E-state index contributed by atoms with van der Waals surface area (Å²) in [6.07, 6.45) is 3.67. The lowest BCUT2D eigenvalue weighted by Crippen LogP contribution is -2.39. The molecular formula is C12H15BrN2O2. The molecule has 1 aliphatic heterocycles. The van der Waals surface area contributed by atoms with Crippen LogP contribution in [-0.4, -0.2) is 31.2 Å². The van der Waals surface area contributed by atoms with E-state index in [0.29, 0.717) is 6.54 Å². The van der Waals surface area contributed by atoms with Gasteiger partial charge in [-0.25, -0.2) is 4.98 Å². The Bertz CT molecular complexity index is 394. The van der Waals surface area contributed by atoms with E-state index in [1.165, 1.54) is 7.11 Å². The number of methoxy groups -OCH3 is 1. The molecule has 1 aliphatic rings. The van der Waals surface area contributed by atoms with E-state index in [4.69, 9.17) is 4.74 Å². The van der Waals surface area contributed by atoms with Crippen LogP contribution in [0.15, 0.2) is 22.8 Å². The number of carbonyl (C=O) groups excluding carboxylic acids is 1. The zero-order valence-corrected chi connectivity index (χ0v) is 11.3. The van der Waals surface area contributed by atoms with Crippen LogP contribution in [0.1, 0.15) is 12.8 Å². The van der Waals surface area contributed by atoms with Crippen molar-refractivity contribution in [2.45, 2.75) is 12.8 Å². The number of halogens is 1. The van der Waals surface area contributed by atoms with Crippen molar-refractivity contribution in [2.75, 3.05) is 25.1 Å². The Labute approximate surface area is 109 Å². The molecule has 0 N–H and O–H groups in total. The standard InChI is InChI=1S/C12H15BrN2O2/c1-17-12(16)9-3-2-6-15(8-9)11-5-4-10(13)7-14-11/h4-5,7,9H,2-3,6,8H2,1H3/t9-/m0/s1. The Balaban J connectivity index is 2.06. The third-order valence-corrected chi connectivity index (χ3v) is 3.46. The van der Waals surface area contributed by atoms with E-state index in [0.717, 1.165) is 29.7 Å². The number of carbonyl (C=O) groups is 1. The van der Waals surface area contributed by atoms with Crippen molar-refractivity contribution in [2.24, 2.45) is 5.92 Å². The summed E-state index contributed by atoms with van der Waals surface area (Å²) >= 11 is 3.36. The second-order valence-corrected chi connectivity index (χ2v) is 5.06. The number of hydrogen-bond acceptors (Lipinski definition) is 4. The molecule has 0 saturated carbocycles. The summed E-state index contributed by atoms with van der Waals surface area (Å²) in [7, 11) is 1.44. The Morgan fingerprint density at radius 3 is 3.06 bits per heavy atom. The van der Waals surface area contributed by atoms with Gasteiger partial charge in [0.2, 0.25) is 0 Å². The zero-order valence-electron chi connectivity index (χ0n) is 9.73. The Morgan fingerprint density at radius 1 is 1.59 bits per heavy atom. The maximum atomic E-state index is 11.5. The molecule has 0 unspecified atom stereocenters. The van der Waals surface area contributed by atoms with E-state index in [1.54, 1.807) is 6.20 Å². The van der Waals surface area contributed by atoms with Crippen LogP contribution in [0.2, 0.25) is 0 Å². The normalized spacial score (nSPS) is 20.1. The molecule has 0 radical (unpaired) electrons. The molecule has 1 atom stereocenters. The molecule has 0 aromatic carbocycles. The largest absolute Gasteiger partial charge is 0.469 e. The third-order valence-electron chi connectivity index (χ3n) is 2.99. The molecule has 1 saturated heterocycles. The smallest absolute Gasteiger partial charge is 0.310 e. The van der Waals surface area contributed by atoms with Crippen molar-refractivity contribution < 1.29 is 9.53 Å². The number of esters is 1. The summed E-state index contributed by atoms with van der Waals surface area (Å²) in [5.74, 6) is 0.771. The summed E-state index contributed by atoms with van der Waals surface area (Å²) in [6, 6.07) is 3.92. The summed E-state index contributed by atoms with van der Waals surface area (Å²) in [5, 5.41) is 0. The number of rotatable bonds is 2. The first kappa shape index (κ1) is 12.4. The highest BCUT2D eigenvalue weighted by Crippen LogP contribution is 2.23. The number of piperidine rings is 1. The monoisotopic (exact) mass is 298 g/mol. The van der Waals surface area contributed by atoms with Gasteiger partial charge in [-0.1, -0.05) is 0 Å². The van der Waals surface area contributed by atoms with Gasteiger partial charge in [0.25, 0.3) is 0 Å².